The number of Topliss-reactive ketones (excluding diaryl/α,β-unsaturated/α-hetero) is 1. The number of phenolic OH excluding ortho intramolecular Hbond substituents is 1. The van der Waals surface area contributed by atoms with Gasteiger partial charge in [0.1, 0.15) is 5.75 Å². The fourth-order valence-corrected chi connectivity index (χ4v) is 1.07. The standard InChI is InChI=1S/C9H11NO2/c1-6-4-7(11)2-3-8(6)9(12)5-10/h2-4,11H,5,10H2,1H3. The number of carbonyl (C=O) groups excluding carboxylic acids is 1. The molecule has 0 aromatic heterocycles. The van der Waals surface area contributed by atoms with Crippen molar-refractivity contribution in [3.8, 4) is 5.75 Å². The van der Waals surface area contributed by atoms with E-state index in [2.05, 4.69) is 0 Å². The van der Waals surface area contributed by atoms with Gasteiger partial charge in [0.15, 0.2) is 5.78 Å². The van der Waals surface area contributed by atoms with Gasteiger partial charge in [-0.15, -0.1) is 0 Å². The van der Waals surface area contributed by atoms with E-state index in [0.29, 0.717) is 5.56 Å². The highest BCUT2D eigenvalue weighted by Gasteiger charge is 2.06. The molecule has 1 rings (SSSR count). The van der Waals surface area contributed by atoms with Crippen LogP contribution in [-0.2, 0) is 0 Å². The summed E-state index contributed by atoms with van der Waals surface area (Å²) in [5, 5.41) is 9.05. The van der Waals surface area contributed by atoms with Gasteiger partial charge in [-0.25, -0.2) is 0 Å². The summed E-state index contributed by atoms with van der Waals surface area (Å²) in [6.07, 6.45) is 0. The van der Waals surface area contributed by atoms with Gasteiger partial charge in [0, 0.05) is 5.56 Å². The van der Waals surface area contributed by atoms with Gasteiger partial charge in [0.2, 0.25) is 0 Å². The zero-order valence-electron chi connectivity index (χ0n) is 6.87. The third kappa shape index (κ3) is 1.62. The normalized spacial score (nSPS) is 9.83. The Morgan fingerprint density at radius 2 is 2.25 bits per heavy atom. The van der Waals surface area contributed by atoms with E-state index in [4.69, 9.17) is 10.8 Å². The van der Waals surface area contributed by atoms with E-state index in [1.165, 1.54) is 6.07 Å². The molecule has 0 aliphatic carbocycles. The summed E-state index contributed by atoms with van der Waals surface area (Å²) in [5.41, 5.74) is 6.53. The second-order valence-electron chi connectivity index (χ2n) is 2.63. The Kier molecular flexibility index (Phi) is 2.45. The molecule has 3 nitrogen and oxygen atoms in total. The van der Waals surface area contributed by atoms with E-state index >= 15 is 0 Å². The Hall–Kier alpha value is -1.35. The quantitative estimate of drug-likeness (QED) is 0.638. The maximum Gasteiger partial charge on any atom is 0.176 e. The number of benzene rings is 1. The fourth-order valence-electron chi connectivity index (χ4n) is 1.07. The predicted octanol–water partition coefficient (Wildman–Crippen LogP) is 0.842. The minimum Gasteiger partial charge on any atom is -0.508 e. The minimum atomic E-state index is -0.104. The van der Waals surface area contributed by atoms with Crippen LogP contribution in [0.4, 0.5) is 0 Å². The number of nitrogens with two attached hydrogens (primary N) is 1. The molecular weight excluding hydrogens is 154 g/mol. The lowest BCUT2D eigenvalue weighted by molar-refractivity contribution is 0.100. The molecule has 3 N–H and O–H groups in total. The molecule has 0 saturated heterocycles. The van der Waals surface area contributed by atoms with Crippen molar-refractivity contribution in [1.29, 1.82) is 0 Å². The van der Waals surface area contributed by atoms with E-state index in [9.17, 15) is 4.79 Å². The SMILES string of the molecule is Cc1cc(O)ccc1C(=O)CN. The van der Waals surface area contributed by atoms with Crippen LogP contribution in [0, 0.1) is 6.92 Å². The van der Waals surface area contributed by atoms with Gasteiger partial charge in [-0.2, -0.15) is 0 Å². The summed E-state index contributed by atoms with van der Waals surface area (Å²) >= 11 is 0. The Bertz CT molecular complexity index is 307. The van der Waals surface area contributed by atoms with Crippen LogP contribution in [0.1, 0.15) is 15.9 Å². The molecule has 3 heteroatoms. The molecule has 0 unspecified atom stereocenters. The van der Waals surface area contributed by atoms with Gasteiger partial charge in [-0.05, 0) is 30.7 Å². The first-order valence-electron chi connectivity index (χ1n) is 3.68. The van der Waals surface area contributed by atoms with Crippen LogP contribution >= 0.6 is 0 Å². The smallest absolute Gasteiger partial charge is 0.176 e. The number of aromatic hydroxyl groups is 1. The van der Waals surface area contributed by atoms with Gasteiger partial charge < -0.3 is 10.8 Å². The molecule has 64 valence electrons. The minimum absolute atomic E-state index is 0.00557. The molecule has 0 radical (unpaired) electrons. The van der Waals surface area contributed by atoms with Gasteiger partial charge >= 0.3 is 0 Å². The lowest BCUT2D eigenvalue weighted by atomic mass is 10.0. The monoisotopic (exact) mass is 165 g/mol. The van der Waals surface area contributed by atoms with Crippen molar-refractivity contribution in [2.24, 2.45) is 5.73 Å². The summed E-state index contributed by atoms with van der Waals surface area (Å²) in [6.45, 7) is 1.77. The molecule has 0 fully saturated rings. The number of aryl methyl sites for hydroxylation is 1. The lowest BCUT2D eigenvalue weighted by Crippen LogP contribution is -2.14. The molecule has 0 heterocycles. The highest BCUT2D eigenvalue weighted by Crippen LogP contribution is 2.15. The molecule has 12 heavy (non-hydrogen) atoms. The average molecular weight is 165 g/mol. The van der Waals surface area contributed by atoms with Crippen molar-refractivity contribution in [2.75, 3.05) is 6.54 Å². The van der Waals surface area contributed by atoms with Crippen LogP contribution in [0.25, 0.3) is 0 Å². The van der Waals surface area contributed by atoms with Gasteiger partial charge in [0.25, 0.3) is 0 Å². The third-order valence-corrected chi connectivity index (χ3v) is 1.70. The highest BCUT2D eigenvalue weighted by molar-refractivity contribution is 5.98. The molecule has 0 bridgehead atoms. The Labute approximate surface area is 70.8 Å². The summed E-state index contributed by atoms with van der Waals surface area (Å²) in [4.78, 5) is 11.1. The predicted molar refractivity (Wildman–Crippen MR) is 46.2 cm³/mol. The zero-order valence-corrected chi connectivity index (χ0v) is 6.87. The number of hydrogen-bond donors (Lipinski definition) is 2. The average Bonchev–Trinajstić information content (AvgIpc) is 2.03. The molecule has 0 spiro atoms. The van der Waals surface area contributed by atoms with E-state index in [1.54, 1.807) is 19.1 Å². The number of rotatable bonds is 2. The summed E-state index contributed by atoms with van der Waals surface area (Å²) in [7, 11) is 0. The van der Waals surface area contributed by atoms with Crippen molar-refractivity contribution in [3.05, 3.63) is 29.3 Å². The number of hydrogen-bond acceptors (Lipinski definition) is 3. The second-order valence-corrected chi connectivity index (χ2v) is 2.63. The van der Waals surface area contributed by atoms with Crippen molar-refractivity contribution in [2.45, 2.75) is 6.92 Å². The first kappa shape index (κ1) is 8.74. The molecule has 1 aromatic rings. The van der Waals surface area contributed by atoms with Crippen LogP contribution < -0.4 is 5.73 Å². The first-order chi connectivity index (χ1) is 5.65. The van der Waals surface area contributed by atoms with Crippen molar-refractivity contribution < 1.29 is 9.90 Å². The third-order valence-electron chi connectivity index (χ3n) is 1.70. The van der Waals surface area contributed by atoms with Crippen LogP contribution in [0.5, 0.6) is 5.75 Å². The fraction of sp³-hybridized carbons (Fsp3) is 0.222. The zero-order chi connectivity index (χ0) is 9.14. The van der Waals surface area contributed by atoms with Crippen LogP contribution in [-0.4, -0.2) is 17.4 Å². The summed E-state index contributed by atoms with van der Waals surface area (Å²) < 4.78 is 0. The maximum absolute atomic E-state index is 11.1. The van der Waals surface area contributed by atoms with E-state index in [-0.39, 0.29) is 18.1 Å². The number of phenols is 1. The molecule has 0 aliphatic heterocycles. The van der Waals surface area contributed by atoms with E-state index in [1.807, 2.05) is 0 Å². The van der Waals surface area contributed by atoms with Crippen molar-refractivity contribution in [3.63, 3.8) is 0 Å². The Balaban J connectivity index is 3.09. The van der Waals surface area contributed by atoms with E-state index < -0.39 is 0 Å². The molecule has 0 aliphatic rings. The topological polar surface area (TPSA) is 63.3 Å². The second kappa shape index (κ2) is 3.36. The maximum atomic E-state index is 11.1. The Morgan fingerprint density at radius 3 is 2.75 bits per heavy atom. The molecule has 0 atom stereocenters. The molecular formula is C9H11NO2. The van der Waals surface area contributed by atoms with Crippen molar-refractivity contribution >= 4 is 5.78 Å². The summed E-state index contributed by atoms with van der Waals surface area (Å²) in [6, 6.07) is 4.61. The Morgan fingerprint density at radius 1 is 1.58 bits per heavy atom. The van der Waals surface area contributed by atoms with Gasteiger partial charge in [-0.3, -0.25) is 4.79 Å². The largest absolute Gasteiger partial charge is 0.508 e. The number of ketones is 1. The molecule has 0 amide bonds. The summed E-state index contributed by atoms with van der Waals surface area (Å²) in [5.74, 6) is 0.0635. The van der Waals surface area contributed by atoms with Gasteiger partial charge in [0.05, 0.1) is 6.54 Å². The van der Waals surface area contributed by atoms with Gasteiger partial charge in [-0.1, -0.05) is 0 Å². The highest BCUT2D eigenvalue weighted by atomic mass is 16.3. The van der Waals surface area contributed by atoms with Crippen LogP contribution in [0.3, 0.4) is 0 Å². The molecule has 0 saturated carbocycles. The van der Waals surface area contributed by atoms with Crippen LogP contribution in [0.2, 0.25) is 0 Å². The lowest BCUT2D eigenvalue weighted by Gasteiger charge is -2.02. The molecule has 1 aromatic carbocycles. The number of carbonyl (C=O) groups is 1. The first-order valence-corrected chi connectivity index (χ1v) is 3.68. The van der Waals surface area contributed by atoms with Crippen LogP contribution in [0.15, 0.2) is 18.2 Å². The van der Waals surface area contributed by atoms with E-state index in [0.717, 1.165) is 5.56 Å². The van der Waals surface area contributed by atoms with Crippen molar-refractivity contribution in [1.82, 2.24) is 0 Å².